The Kier molecular flexibility index (Phi) is 6.21. The highest BCUT2D eigenvalue weighted by Gasteiger charge is 2.31. The van der Waals surface area contributed by atoms with Crippen LogP contribution in [0.1, 0.15) is 42.5 Å². The van der Waals surface area contributed by atoms with Crippen molar-refractivity contribution in [2.75, 3.05) is 6.61 Å². The summed E-state index contributed by atoms with van der Waals surface area (Å²) in [6.45, 7) is 7.61. The van der Waals surface area contributed by atoms with Crippen LogP contribution in [0.15, 0.2) is 42.5 Å². The highest BCUT2D eigenvalue weighted by atomic mass is 16.6. The number of rotatable bonds is 7. The minimum atomic E-state index is -0.804. The Morgan fingerprint density at radius 2 is 1.88 bits per heavy atom. The summed E-state index contributed by atoms with van der Waals surface area (Å²) < 4.78 is 11.5. The summed E-state index contributed by atoms with van der Waals surface area (Å²) in [7, 11) is 0. The maximum Gasteiger partial charge on any atom is 0.332 e. The van der Waals surface area contributed by atoms with Crippen molar-refractivity contribution in [1.29, 1.82) is 0 Å². The van der Waals surface area contributed by atoms with E-state index in [-0.39, 0.29) is 0 Å². The molecular formula is C21H26O4. The van der Waals surface area contributed by atoms with Crippen LogP contribution in [-0.2, 0) is 21.7 Å². The molecular weight excluding hydrogens is 316 g/mol. The number of hydrogen-bond donors (Lipinski definition) is 1. The van der Waals surface area contributed by atoms with Crippen LogP contribution in [0.5, 0.6) is 5.75 Å². The number of aryl methyl sites for hydroxylation is 2. The SMILES string of the molecule is CCC(C)(OC(=O)CO)c1ccccc1COc1cc(C)ccc1C. The minimum Gasteiger partial charge on any atom is -0.489 e. The molecule has 0 aromatic heterocycles. The number of aliphatic hydroxyl groups is 1. The van der Waals surface area contributed by atoms with Gasteiger partial charge in [0, 0.05) is 5.56 Å². The van der Waals surface area contributed by atoms with Crippen LogP contribution < -0.4 is 4.74 Å². The van der Waals surface area contributed by atoms with Gasteiger partial charge in [-0.2, -0.15) is 0 Å². The third kappa shape index (κ3) is 4.60. The summed E-state index contributed by atoms with van der Waals surface area (Å²) in [5.41, 5.74) is 3.27. The zero-order chi connectivity index (χ0) is 18.4. The lowest BCUT2D eigenvalue weighted by atomic mass is 9.89. The summed E-state index contributed by atoms with van der Waals surface area (Å²) in [5, 5.41) is 9.02. The van der Waals surface area contributed by atoms with Gasteiger partial charge >= 0.3 is 5.97 Å². The Bertz CT molecular complexity index is 738. The van der Waals surface area contributed by atoms with Gasteiger partial charge in [0.1, 0.15) is 24.6 Å². The summed E-state index contributed by atoms with van der Waals surface area (Å²) in [5.74, 6) is 0.218. The van der Waals surface area contributed by atoms with Gasteiger partial charge in [0.2, 0.25) is 0 Å². The van der Waals surface area contributed by atoms with Gasteiger partial charge in [-0.1, -0.05) is 43.3 Å². The van der Waals surface area contributed by atoms with Crippen molar-refractivity contribution in [3.8, 4) is 5.75 Å². The van der Waals surface area contributed by atoms with Gasteiger partial charge in [-0.3, -0.25) is 0 Å². The molecule has 1 N–H and O–H groups in total. The number of ether oxygens (including phenoxy) is 2. The average Bonchev–Trinajstić information content (AvgIpc) is 2.62. The number of esters is 1. The standard InChI is InChI=1S/C21H26O4/c1-5-21(4,25-20(23)13-22)18-9-7-6-8-17(18)14-24-19-12-15(2)10-11-16(19)3/h6-12,22H,5,13-14H2,1-4H3. The molecule has 0 aliphatic heterocycles. The first-order valence-corrected chi connectivity index (χ1v) is 8.50. The summed E-state index contributed by atoms with van der Waals surface area (Å²) in [6, 6.07) is 13.9. The second-order valence-corrected chi connectivity index (χ2v) is 6.43. The molecule has 25 heavy (non-hydrogen) atoms. The predicted octanol–water partition coefficient (Wildman–Crippen LogP) is 4.04. The van der Waals surface area contributed by atoms with Gasteiger partial charge in [-0.05, 0) is 49.9 Å². The van der Waals surface area contributed by atoms with E-state index in [1.807, 2.05) is 64.1 Å². The van der Waals surface area contributed by atoms with Crippen LogP contribution >= 0.6 is 0 Å². The molecule has 0 aliphatic carbocycles. The van der Waals surface area contributed by atoms with Crippen LogP contribution in [0.3, 0.4) is 0 Å². The topological polar surface area (TPSA) is 55.8 Å². The summed E-state index contributed by atoms with van der Waals surface area (Å²) in [4.78, 5) is 11.6. The maximum absolute atomic E-state index is 11.6. The first-order chi connectivity index (χ1) is 11.9. The van der Waals surface area contributed by atoms with Gasteiger partial charge in [0.05, 0.1) is 0 Å². The highest BCUT2D eigenvalue weighted by Crippen LogP contribution is 2.32. The van der Waals surface area contributed by atoms with E-state index in [1.54, 1.807) is 0 Å². The highest BCUT2D eigenvalue weighted by molar-refractivity contribution is 5.71. The van der Waals surface area contributed by atoms with Crippen molar-refractivity contribution in [2.45, 2.75) is 46.3 Å². The molecule has 0 saturated heterocycles. The molecule has 0 heterocycles. The fraction of sp³-hybridized carbons (Fsp3) is 0.381. The molecule has 134 valence electrons. The molecule has 4 heteroatoms. The Balaban J connectivity index is 2.28. The summed E-state index contributed by atoms with van der Waals surface area (Å²) in [6.07, 6.45) is 0.596. The average molecular weight is 342 g/mol. The predicted molar refractivity (Wildman–Crippen MR) is 97.5 cm³/mol. The molecule has 0 fully saturated rings. The molecule has 0 spiro atoms. The van der Waals surface area contributed by atoms with E-state index in [2.05, 4.69) is 6.07 Å². The van der Waals surface area contributed by atoms with Crippen molar-refractivity contribution < 1.29 is 19.4 Å². The van der Waals surface area contributed by atoms with E-state index in [9.17, 15) is 4.79 Å². The van der Waals surface area contributed by atoms with Crippen LogP contribution in [0.4, 0.5) is 0 Å². The Morgan fingerprint density at radius 1 is 1.16 bits per heavy atom. The zero-order valence-electron chi connectivity index (χ0n) is 15.3. The Labute approximate surface area is 149 Å². The van der Waals surface area contributed by atoms with Gasteiger partial charge in [0.15, 0.2) is 0 Å². The zero-order valence-corrected chi connectivity index (χ0v) is 15.3. The molecule has 0 saturated carbocycles. The number of benzene rings is 2. The molecule has 0 bridgehead atoms. The third-order valence-electron chi connectivity index (χ3n) is 4.46. The second kappa shape index (κ2) is 8.17. The quantitative estimate of drug-likeness (QED) is 0.772. The Hall–Kier alpha value is -2.33. The molecule has 0 radical (unpaired) electrons. The third-order valence-corrected chi connectivity index (χ3v) is 4.46. The molecule has 1 atom stereocenters. The molecule has 0 aliphatic rings. The molecule has 0 amide bonds. The van der Waals surface area contributed by atoms with Gasteiger partial charge in [-0.15, -0.1) is 0 Å². The van der Waals surface area contributed by atoms with E-state index in [4.69, 9.17) is 14.6 Å². The van der Waals surface area contributed by atoms with Gasteiger partial charge in [0.25, 0.3) is 0 Å². The lowest BCUT2D eigenvalue weighted by Gasteiger charge is -2.30. The van der Waals surface area contributed by atoms with E-state index < -0.39 is 18.2 Å². The molecule has 1 unspecified atom stereocenters. The maximum atomic E-state index is 11.6. The van der Waals surface area contributed by atoms with Crippen LogP contribution in [-0.4, -0.2) is 17.7 Å². The van der Waals surface area contributed by atoms with Gasteiger partial charge in [-0.25, -0.2) is 4.79 Å². The smallest absolute Gasteiger partial charge is 0.332 e. The van der Waals surface area contributed by atoms with E-state index in [1.165, 1.54) is 0 Å². The van der Waals surface area contributed by atoms with Crippen molar-refractivity contribution in [3.63, 3.8) is 0 Å². The largest absolute Gasteiger partial charge is 0.489 e. The van der Waals surface area contributed by atoms with Crippen LogP contribution in [0.25, 0.3) is 0 Å². The molecule has 2 aromatic carbocycles. The van der Waals surface area contributed by atoms with E-state index >= 15 is 0 Å². The molecule has 2 aromatic rings. The first-order valence-electron chi connectivity index (χ1n) is 8.50. The number of carbonyl (C=O) groups is 1. The van der Waals surface area contributed by atoms with Crippen molar-refractivity contribution in [3.05, 3.63) is 64.7 Å². The van der Waals surface area contributed by atoms with Crippen molar-refractivity contribution >= 4 is 5.97 Å². The van der Waals surface area contributed by atoms with Crippen LogP contribution in [0, 0.1) is 13.8 Å². The van der Waals surface area contributed by atoms with E-state index in [0.717, 1.165) is 28.0 Å². The molecule has 2 rings (SSSR count). The number of aliphatic hydroxyl groups excluding tert-OH is 1. The fourth-order valence-electron chi connectivity index (χ4n) is 2.78. The molecule has 4 nitrogen and oxygen atoms in total. The monoisotopic (exact) mass is 342 g/mol. The van der Waals surface area contributed by atoms with Crippen LogP contribution in [0.2, 0.25) is 0 Å². The van der Waals surface area contributed by atoms with Crippen molar-refractivity contribution in [1.82, 2.24) is 0 Å². The van der Waals surface area contributed by atoms with Gasteiger partial charge < -0.3 is 14.6 Å². The lowest BCUT2D eigenvalue weighted by Crippen LogP contribution is -2.31. The number of hydrogen-bond acceptors (Lipinski definition) is 4. The van der Waals surface area contributed by atoms with E-state index in [0.29, 0.717) is 13.0 Å². The van der Waals surface area contributed by atoms with Crippen molar-refractivity contribution in [2.24, 2.45) is 0 Å². The second-order valence-electron chi connectivity index (χ2n) is 6.43. The lowest BCUT2D eigenvalue weighted by molar-refractivity contribution is -0.163. The Morgan fingerprint density at radius 3 is 2.56 bits per heavy atom. The normalized spacial score (nSPS) is 13.2. The minimum absolute atomic E-state index is 0.382. The number of carbonyl (C=O) groups excluding carboxylic acids is 1. The fourth-order valence-corrected chi connectivity index (χ4v) is 2.78. The first kappa shape index (κ1) is 19.0. The summed E-state index contributed by atoms with van der Waals surface area (Å²) >= 11 is 0.